The minimum Gasteiger partial charge on any atom is -0.493 e. The van der Waals surface area contributed by atoms with Crippen LogP contribution in [-0.4, -0.2) is 40.5 Å². The lowest BCUT2D eigenvalue weighted by atomic mass is 9.88. The average molecular weight is 524 g/mol. The Morgan fingerprint density at radius 3 is 2.50 bits per heavy atom. The van der Waals surface area contributed by atoms with E-state index in [9.17, 15) is 9.90 Å². The highest BCUT2D eigenvalue weighted by molar-refractivity contribution is 6.07. The number of nitrogens with zero attached hydrogens (tertiary/aromatic N) is 1. The second-order valence-electron chi connectivity index (χ2n) is 9.91. The topological polar surface area (TPSA) is 135 Å². The molecule has 2 aromatic heterocycles. The fraction of sp³-hybridized carbons (Fsp3) is 0.345. The number of benzene rings is 2. The van der Waals surface area contributed by atoms with Crippen molar-refractivity contribution in [2.24, 2.45) is 5.90 Å². The summed E-state index contributed by atoms with van der Waals surface area (Å²) in [7, 11) is 1.33. The molecule has 2 aromatic carbocycles. The van der Waals surface area contributed by atoms with Crippen LogP contribution in [0.5, 0.6) is 5.75 Å². The number of hydrogen-bond donors (Lipinski definition) is 3. The van der Waals surface area contributed by atoms with Crippen molar-refractivity contribution in [1.82, 2.24) is 4.98 Å². The average Bonchev–Trinajstić information content (AvgIpc) is 2.84. The molecule has 4 N–H and O–H groups in total. The lowest BCUT2D eigenvalue weighted by Crippen LogP contribution is -2.10. The van der Waals surface area contributed by atoms with Crippen LogP contribution >= 0.6 is 0 Å². The van der Waals surface area contributed by atoms with Gasteiger partial charge in [0.25, 0.3) is 0 Å². The van der Waals surface area contributed by atoms with E-state index in [4.69, 9.17) is 14.3 Å². The molecule has 202 valence electrons. The van der Waals surface area contributed by atoms with E-state index < -0.39 is 11.6 Å². The van der Waals surface area contributed by atoms with E-state index in [0.717, 1.165) is 62.1 Å². The van der Waals surface area contributed by atoms with Gasteiger partial charge in [0, 0.05) is 41.3 Å². The fourth-order valence-corrected chi connectivity index (χ4v) is 4.29. The molecule has 0 atom stereocenters. The molecule has 0 spiro atoms. The van der Waals surface area contributed by atoms with Crippen molar-refractivity contribution in [3.05, 3.63) is 65.0 Å². The van der Waals surface area contributed by atoms with Crippen LogP contribution in [0.25, 0.3) is 33.0 Å². The van der Waals surface area contributed by atoms with Crippen LogP contribution in [0.3, 0.4) is 0 Å². The third-order valence-corrected chi connectivity index (χ3v) is 5.68. The molecule has 1 aliphatic heterocycles. The maximum Gasteiger partial charge on any atom is 0.361 e. The quantitative estimate of drug-likeness (QED) is 0.184. The van der Waals surface area contributed by atoms with Gasteiger partial charge in [0.1, 0.15) is 5.75 Å². The molecule has 0 radical (unpaired) electrons. The zero-order valence-corrected chi connectivity index (χ0v) is 22.6. The molecule has 0 bridgehead atoms. The smallest absolute Gasteiger partial charge is 0.361 e. The number of fused-ring (bicyclic) bond motifs is 1. The monoisotopic (exact) mass is 523 g/mol. The number of nitrogens with two attached hydrogens (primary N) is 1. The van der Waals surface area contributed by atoms with Gasteiger partial charge in [-0.3, -0.25) is 9.78 Å². The Kier molecular flexibility index (Phi) is 9.35. The Bertz CT molecular complexity index is 1430. The highest BCUT2D eigenvalue weighted by Crippen LogP contribution is 2.42. The summed E-state index contributed by atoms with van der Waals surface area (Å²) in [5.41, 5.74) is 5.72. The number of carbonyl (C=O) groups is 1. The second-order valence-corrected chi connectivity index (χ2v) is 9.91. The Labute approximate surface area is 221 Å². The maximum atomic E-state index is 11.7. The lowest BCUT2D eigenvalue weighted by Gasteiger charge is -2.20. The Hall–Kier alpha value is -3.63. The van der Waals surface area contributed by atoms with E-state index >= 15 is 0 Å². The van der Waals surface area contributed by atoms with E-state index in [1.54, 1.807) is 20.8 Å². The third-order valence-electron chi connectivity index (χ3n) is 5.68. The van der Waals surface area contributed by atoms with Gasteiger partial charge in [0.15, 0.2) is 0 Å². The highest BCUT2D eigenvalue weighted by atomic mass is 17.3. The predicted molar refractivity (Wildman–Crippen MR) is 146 cm³/mol. The van der Waals surface area contributed by atoms with Crippen LogP contribution < -0.4 is 10.6 Å². The van der Waals surface area contributed by atoms with Crippen molar-refractivity contribution in [1.29, 1.82) is 0 Å². The van der Waals surface area contributed by atoms with E-state index in [1.165, 1.54) is 12.7 Å². The van der Waals surface area contributed by atoms with Crippen LogP contribution in [-0.2, 0) is 27.5 Å². The normalized spacial score (nSPS) is 12.2. The third kappa shape index (κ3) is 7.02. The number of hydrogen-bond acceptors (Lipinski definition) is 7. The molecule has 0 unspecified atom stereocenters. The van der Waals surface area contributed by atoms with E-state index in [-0.39, 0.29) is 6.42 Å². The number of aromatic nitrogens is 1. The molecule has 5 rings (SSSR count). The fourth-order valence-electron chi connectivity index (χ4n) is 4.29. The first kappa shape index (κ1) is 28.9. The number of carboxylic acids is 1. The van der Waals surface area contributed by atoms with Crippen molar-refractivity contribution < 1.29 is 34.0 Å². The molecule has 38 heavy (non-hydrogen) atoms. The Balaban J connectivity index is 0.000000388. The zero-order valence-electron chi connectivity index (χ0n) is 22.6. The molecule has 0 fully saturated rings. The first-order valence-electron chi connectivity index (χ1n) is 12.2. The van der Waals surface area contributed by atoms with Gasteiger partial charge >= 0.3 is 17.3 Å². The first-order chi connectivity index (χ1) is 17.9. The molecule has 1 aliphatic rings. The van der Waals surface area contributed by atoms with Crippen molar-refractivity contribution in [3.63, 3.8) is 0 Å². The van der Waals surface area contributed by atoms with E-state index in [1.807, 2.05) is 56.4 Å². The van der Waals surface area contributed by atoms with Gasteiger partial charge in [-0.1, -0.05) is 0 Å². The van der Waals surface area contributed by atoms with Gasteiger partial charge in [0.05, 0.1) is 43.6 Å². The number of carboxylic acid groups (broad SMARTS) is 1. The maximum absolute atomic E-state index is 11.7. The summed E-state index contributed by atoms with van der Waals surface area (Å²) in [4.78, 5) is 23.7. The van der Waals surface area contributed by atoms with Gasteiger partial charge in [-0.25, -0.2) is 9.30 Å². The molecule has 0 aliphatic carbocycles. The molecule has 4 aromatic rings. The molecular weight excluding hydrogens is 488 g/mol. The summed E-state index contributed by atoms with van der Waals surface area (Å²) in [6.45, 7) is 9.72. The van der Waals surface area contributed by atoms with Crippen LogP contribution in [0.2, 0.25) is 0 Å². The van der Waals surface area contributed by atoms with Crippen molar-refractivity contribution in [3.8, 4) is 16.9 Å². The number of aliphatic carboxylic acids is 1. The zero-order chi connectivity index (χ0) is 28.0. The van der Waals surface area contributed by atoms with Gasteiger partial charge in [-0.2, -0.15) is 5.90 Å². The SMILES string of the molecule is CC(C)(C)O.COON.Cc1ccc2c(-c3ccc4c5c(ccnc35)CCO4)c(CC(=O)O)c(C)cc2[o+]1. The van der Waals surface area contributed by atoms with Gasteiger partial charge in [-0.15, -0.1) is 4.99 Å². The molecule has 0 amide bonds. The molecule has 3 heterocycles. The van der Waals surface area contributed by atoms with Crippen LogP contribution in [0, 0.1) is 13.8 Å². The van der Waals surface area contributed by atoms with Gasteiger partial charge in [0.2, 0.25) is 0 Å². The minimum atomic E-state index is -0.864. The summed E-state index contributed by atoms with van der Waals surface area (Å²) < 4.78 is 11.8. The van der Waals surface area contributed by atoms with Crippen LogP contribution in [0.1, 0.15) is 43.2 Å². The molecular formula is C29H35N2O7+. The number of rotatable bonds is 4. The predicted octanol–water partition coefficient (Wildman–Crippen LogP) is 5.32. The summed E-state index contributed by atoms with van der Waals surface area (Å²) in [6, 6.07) is 11.8. The van der Waals surface area contributed by atoms with Gasteiger partial charge < -0.3 is 14.9 Å². The number of ether oxygens (including phenoxy) is 1. The highest BCUT2D eigenvalue weighted by Gasteiger charge is 2.25. The first-order valence-corrected chi connectivity index (χ1v) is 12.2. The largest absolute Gasteiger partial charge is 0.493 e. The molecule has 9 nitrogen and oxygen atoms in total. The Morgan fingerprint density at radius 1 is 1.18 bits per heavy atom. The minimum absolute atomic E-state index is 0.0651. The molecule has 0 saturated carbocycles. The second kappa shape index (κ2) is 12.3. The summed E-state index contributed by atoms with van der Waals surface area (Å²) in [5.74, 6) is 5.07. The molecule has 9 heteroatoms. The standard InChI is InChI=1S/C24H19NO4.C4H10O.CH5NO2/c1-13-11-20-16(4-3-14(2)29-20)23(18(13)12-21(26)27)17-5-6-19-22-15(8-10-28-19)7-9-25-24(17)22;1-4(2,3)5;1-3-4-2/h3-7,9,11H,8,10,12H2,1-2H3;5H,1-3H3;2H2,1H3/p+1. The summed E-state index contributed by atoms with van der Waals surface area (Å²) in [6.07, 6.45) is 2.59. The van der Waals surface area contributed by atoms with Crippen molar-refractivity contribution in [2.45, 2.75) is 53.1 Å². The molecule has 0 saturated heterocycles. The van der Waals surface area contributed by atoms with Crippen molar-refractivity contribution >= 4 is 27.8 Å². The Morgan fingerprint density at radius 2 is 1.87 bits per heavy atom. The van der Waals surface area contributed by atoms with Gasteiger partial charge in [-0.05, 0) is 68.7 Å². The number of pyridine rings is 1. The lowest BCUT2D eigenvalue weighted by molar-refractivity contribution is -0.277. The van der Waals surface area contributed by atoms with Crippen molar-refractivity contribution in [2.75, 3.05) is 13.7 Å². The van der Waals surface area contributed by atoms with Crippen LogP contribution in [0.15, 0.2) is 47.0 Å². The van der Waals surface area contributed by atoms with Crippen LogP contribution in [0.4, 0.5) is 0 Å². The van der Waals surface area contributed by atoms with E-state index in [0.29, 0.717) is 6.61 Å². The summed E-state index contributed by atoms with van der Waals surface area (Å²) >= 11 is 0. The summed E-state index contributed by atoms with van der Waals surface area (Å²) in [5, 5.41) is 20.0. The van der Waals surface area contributed by atoms with E-state index in [2.05, 4.69) is 20.8 Å². The number of aliphatic hydroxyl groups is 1. The number of aryl methyl sites for hydroxylation is 2.